The van der Waals surface area contributed by atoms with Gasteiger partial charge in [-0.15, -0.1) is 0 Å². The second kappa shape index (κ2) is 7.71. The van der Waals surface area contributed by atoms with Gasteiger partial charge in [0.15, 0.2) is 0 Å². The van der Waals surface area contributed by atoms with Crippen LogP contribution in [0.15, 0.2) is 6.07 Å². The lowest BCUT2D eigenvalue weighted by Crippen LogP contribution is -2.80. The lowest BCUT2D eigenvalue weighted by atomic mass is 9.40. The predicted molar refractivity (Wildman–Crippen MR) is 119 cm³/mol. The summed E-state index contributed by atoms with van der Waals surface area (Å²) >= 11 is 6.24. The number of phenols is 1. The number of hydrogen-bond donors (Lipinski definition) is 5. The molecule has 3 aliphatic rings. The molecule has 1 aromatic rings. The van der Waals surface area contributed by atoms with Crippen LogP contribution in [-0.4, -0.2) is 69.1 Å². The molecule has 0 bridgehead atoms. The van der Waals surface area contributed by atoms with Crippen molar-refractivity contribution in [2.24, 2.45) is 28.6 Å². The molecule has 33 heavy (non-hydrogen) atoms. The largest absolute Gasteiger partial charge is 0.507 e. The van der Waals surface area contributed by atoms with Crippen LogP contribution in [0, 0.1) is 35.5 Å². The van der Waals surface area contributed by atoms with Crippen LogP contribution >= 0.6 is 11.6 Å². The zero-order valence-electron chi connectivity index (χ0n) is 19.5. The summed E-state index contributed by atoms with van der Waals surface area (Å²) in [6.07, 6.45) is -2.07. The van der Waals surface area contributed by atoms with Gasteiger partial charge in [0.2, 0.25) is 0 Å². The summed E-state index contributed by atoms with van der Waals surface area (Å²) in [6.45, 7) is 6.71. The Morgan fingerprint density at radius 2 is 1.88 bits per heavy atom. The Balaban J connectivity index is 1.68. The van der Waals surface area contributed by atoms with E-state index in [1.807, 2.05) is 20.8 Å². The quantitative estimate of drug-likeness (QED) is 0.409. The van der Waals surface area contributed by atoms with Crippen LogP contribution < -0.4 is 4.74 Å². The van der Waals surface area contributed by atoms with Crippen molar-refractivity contribution in [2.75, 3.05) is 13.7 Å². The summed E-state index contributed by atoms with van der Waals surface area (Å²) in [5, 5.41) is 54.7. The first-order valence-corrected chi connectivity index (χ1v) is 11.6. The van der Waals surface area contributed by atoms with Crippen LogP contribution in [-0.2, 0) is 4.74 Å². The van der Waals surface area contributed by atoms with E-state index >= 15 is 0 Å². The molecule has 0 aromatic heterocycles. The standard InChI is InChI=1S/C24H33ClO8/c1-10-16(13(27)6-14(32-5)18(10)25)21(30)33-15-8-23(4)17-11(7-22(2,3)20(17)29)19(28)12(9-26)24(15,23)31/h6,11-12,15,17,19-20,26-29,31H,7-9H2,1-5H3/t11?,12-,15-,17?,19+,20-,23-,24+/m1/s1. The number of carbonyl (C=O) groups is 1. The van der Waals surface area contributed by atoms with Gasteiger partial charge in [0.25, 0.3) is 0 Å². The number of halogens is 1. The molecule has 0 radical (unpaired) electrons. The molecule has 1 aromatic carbocycles. The van der Waals surface area contributed by atoms with Crippen LogP contribution in [0.2, 0.25) is 5.02 Å². The van der Waals surface area contributed by atoms with Crippen LogP contribution in [0.1, 0.15) is 49.5 Å². The fourth-order valence-electron chi connectivity index (χ4n) is 7.01. The van der Waals surface area contributed by atoms with Crippen LogP contribution in [0.25, 0.3) is 0 Å². The number of fused-ring (bicyclic) bond motifs is 3. The second-order valence-electron chi connectivity index (χ2n) is 10.9. The highest BCUT2D eigenvalue weighted by Gasteiger charge is 2.78. The molecule has 0 aliphatic heterocycles. The lowest BCUT2D eigenvalue weighted by Gasteiger charge is -2.69. The first kappa shape index (κ1) is 24.5. The summed E-state index contributed by atoms with van der Waals surface area (Å²) in [4.78, 5) is 13.1. The van der Waals surface area contributed by atoms with Crippen LogP contribution in [0.5, 0.6) is 11.5 Å². The molecule has 0 heterocycles. The third kappa shape index (κ3) is 3.07. The highest BCUT2D eigenvalue weighted by atomic mass is 35.5. The van der Waals surface area contributed by atoms with Gasteiger partial charge >= 0.3 is 5.97 Å². The Bertz CT molecular complexity index is 980. The maximum absolute atomic E-state index is 13.1. The van der Waals surface area contributed by atoms with Gasteiger partial charge in [-0.1, -0.05) is 32.4 Å². The number of aliphatic hydroxyl groups excluding tert-OH is 3. The molecule has 0 saturated heterocycles. The summed E-state index contributed by atoms with van der Waals surface area (Å²) in [6, 6.07) is 1.22. The maximum Gasteiger partial charge on any atom is 0.342 e. The fraction of sp³-hybridized carbons (Fsp3) is 0.708. The second-order valence-corrected chi connectivity index (χ2v) is 11.2. The minimum absolute atomic E-state index is 0.144. The third-order valence-electron chi connectivity index (χ3n) is 8.85. The Morgan fingerprint density at radius 1 is 1.24 bits per heavy atom. The Hall–Kier alpha value is -1.58. The van der Waals surface area contributed by atoms with E-state index < -0.39 is 59.2 Å². The molecule has 9 heteroatoms. The summed E-state index contributed by atoms with van der Waals surface area (Å²) in [5.74, 6) is -2.71. The molecule has 3 saturated carbocycles. The summed E-state index contributed by atoms with van der Waals surface area (Å²) < 4.78 is 10.8. The van der Waals surface area contributed by atoms with E-state index in [1.165, 1.54) is 13.2 Å². The molecular formula is C24H33ClO8. The van der Waals surface area contributed by atoms with E-state index in [0.29, 0.717) is 6.42 Å². The number of hydrogen-bond acceptors (Lipinski definition) is 8. The van der Waals surface area contributed by atoms with Gasteiger partial charge in [0.05, 0.1) is 30.9 Å². The molecule has 4 rings (SSSR count). The van der Waals surface area contributed by atoms with Gasteiger partial charge in [-0.3, -0.25) is 0 Å². The molecular weight excluding hydrogens is 452 g/mol. The molecule has 0 amide bonds. The van der Waals surface area contributed by atoms with E-state index in [-0.39, 0.29) is 40.0 Å². The van der Waals surface area contributed by atoms with Crippen molar-refractivity contribution < 1.29 is 39.8 Å². The maximum atomic E-state index is 13.1. The smallest absolute Gasteiger partial charge is 0.342 e. The molecule has 0 spiro atoms. The van der Waals surface area contributed by atoms with Crippen molar-refractivity contribution in [3.8, 4) is 11.5 Å². The van der Waals surface area contributed by atoms with Crippen LogP contribution in [0.4, 0.5) is 0 Å². The van der Waals surface area contributed by atoms with Crippen molar-refractivity contribution >= 4 is 17.6 Å². The number of methoxy groups -OCH3 is 1. The van der Waals surface area contributed by atoms with Crippen molar-refractivity contribution in [3.05, 3.63) is 22.2 Å². The zero-order valence-corrected chi connectivity index (χ0v) is 20.3. The van der Waals surface area contributed by atoms with E-state index in [9.17, 15) is 30.3 Å². The van der Waals surface area contributed by atoms with Gasteiger partial charge in [0.1, 0.15) is 28.8 Å². The number of ether oxygens (including phenoxy) is 2. The Labute approximate surface area is 198 Å². The number of aromatic hydroxyl groups is 1. The topological polar surface area (TPSA) is 137 Å². The minimum Gasteiger partial charge on any atom is -0.507 e. The van der Waals surface area contributed by atoms with E-state index in [2.05, 4.69) is 0 Å². The average molecular weight is 485 g/mol. The lowest BCUT2D eigenvalue weighted by molar-refractivity contribution is -0.340. The number of carbonyl (C=O) groups excluding carboxylic acids is 1. The number of aliphatic hydroxyl groups is 4. The van der Waals surface area contributed by atoms with Gasteiger partial charge < -0.3 is 35.0 Å². The normalized spacial score (nSPS) is 41.0. The van der Waals surface area contributed by atoms with Gasteiger partial charge in [-0.2, -0.15) is 0 Å². The Kier molecular flexibility index (Phi) is 5.74. The van der Waals surface area contributed by atoms with Crippen molar-refractivity contribution in [1.29, 1.82) is 0 Å². The molecule has 3 aliphatic carbocycles. The molecule has 3 fully saturated rings. The number of rotatable bonds is 4. The van der Waals surface area contributed by atoms with Crippen molar-refractivity contribution in [2.45, 2.75) is 64.4 Å². The monoisotopic (exact) mass is 484 g/mol. The third-order valence-corrected chi connectivity index (χ3v) is 9.32. The SMILES string of the molecule is COc1cc(O)c(C(=O)O[C@@H]2C[C@]3(C)C4C(CC(C)(C)[C@@H]4O)[C@H](O)[C@@H](CO)[C@]23O)c(C)c1Cl. The van der Waals surface area contributed by atoms with Crippen LogP contribution in [0.3, 0.4) is 0 Å². The zero-order chi connectivity index (χ0) is 24.7. The Morgan fingerprint density at radius 3 is 2.45 bits per heavy atom. The van der Waals surface area contributed by atoms with E-state index in [4.69, 9.17) is 21.1 Å². The molecule has 5 N–H and O–H groups in total. The number of phenolic OH excluding ortho intramolecular Hbond substituents is 1. The van der Waals surface area contributed by atoms with E-state index in [0.717, 1.165) is 0 Å². The minimum atomic E-state index is -1.75. The van der Waals surface area contributed by atoms with Gasteiger partial charge in [0, 0.05) is 17.4 Å². The number of benzene rings is 1. The summed E-state index contributed by atoms with van der Waals surface area (Å²) in [5.41, 5.74) is -2.97. The van der Waals surface area contributed by atoms with Crippen molar-refractivity contribution in [1.82, 2.24) is 0 Å². The van der Waals surface area contributed by atoms with Crippen molar-refractivity contribution in [3.63, 3.8) is 0 Å². The van der Waals surface area contributed by atoms with Gasteiger partial charge in [-0.25, -0.2) is 4.79 Å². The fourth-order valence-corrected chi connectivity index (χ4v) is 7.24. The first-order valence-electron chi connectivity index (χ1n) is 11.2. The molecule has 8 nitrogen and oxygen atoms in total. The van der Waals surface area contributed by atoms with E-state index in [1.54, 1.807) is 6.92 Å². The number of esters is 1. The molecule has 8 atom stereocenters. The van der Waals surface area contributed by atoms with Gasteiger partial charge in [-0.05, 0) is 42.6 Å². The predicted octanol–water partition coefficient (Wildman–Crippen LogP) is 2.04. The summed E-state index contributed by atoms with van der Waals surface area (Å²) in [7, 11) is 1.39. The average Bonchev–Trinajstić information content (AvgIpc) is 2.99. The molecule has 2 unspecified atom stereocenters. The molecule has 184 valence electrons. The first-order chi connectivity index (χ1) is 15.3. The highest BCUT2D eigenvalue weighted by molar-refractivity contribution is 6.33. The highest BCUT2D eigenvalue weighted by Crippen LogP contribution is 2.70.